The van der Waals surface area contributed by atoms with Crippen molar-refractivity contribution >= 4 is 11.9 Å². The predicted octanol–water partition coefficient (Wildman–Crippen LogP) is 2.18. The fourth-order valence-corrected chi connectivity index (χ4v) is 1.71. The first-order valence-corrected chi connectivity index (χ1v) is 5.72. The molecular weight excluding hydrogens is 220 g/mol. The molecule has 17 heavy (non-hydrogen) atoms. The van der Waals surface area contributed by atoms with Crippen molar-refractivity contribution < 1.29 is 19.1 Å². The molecule has 1 heterocycles. The number of hydrogen-bond acceptors (Lipinski definition) is 4. The number of cyclic esters (lactones) is 2. The first-order chi connectivity index (χ1) is 8.29. The molecule has 1 aliphatic heterocycles. The van der Waals surface area contributed by atoms with Crippen LogP contribution in [0, 0.1) is 0 Å². The summed E-state index contributed by atoms with van der Waals surface area (Å²) in [5.74, 6) is -0.918. The van der Waals surface area contributed by atoms with E-state index in [1.807, 2.05) is 0 Å². The minimum atomic E-state index is -0.459. The van der Waals surface area contributed by atoms with Gasteiger partial charge in [-0.05, 0) is 31.4 Å². The van der Waals surface area contributed by atoms with E-state index in [1.54, 1.807) is 24.3 Å². The Morgan fingerprint density at radius 1 is 0.765 bits per heavy atom. The second-order valence-electron chi connectivity index (χ2n) is 3.88. The molecule has 0 saturated carbocycles. The van der Waals surface area contributed by atoms with E-state index in [2.05, 4.69) is 0 Å². The molecule has 0 atom stereocenters. The lowest BCUT2D eigenvalue weighted by Gasteiger charge is -2.07. The molecule has 0 aromatic heterocycles. The molecular formula is C13H14O4. The SMILES string of the molecule is O=C1OCCCCCOC(=O)c2ccccc21. The van der Waals surface area contributed by atoms with Gasteiger partial charge in [-0.25, -0.2) is 9.59 Å². The lowest BCUT2D eigenvalue weighted by Crippen LogP contribution is -2.13. The Hall–Kier alpha value is -1.84. The Labute approximate surface area is 99.5 Å². The first-order valence-electron chi connectivity index (χ1n) is 5.72. The Bertz CT molecular complexity index is 386. The van der Waals surface area contributed by atoms with Crippen LogP contribution in [0.15, 0.2) is 24.3 Å². The van der Waals surface area contributed by atoms with E-state index in [0.717, 1.165) is 19.3 Å². The molecule has 0 unspecified atom stereocenters. The highest BCUT2D eigenvalue weighted by Crippen LogP contribution is 2.13. The molecule has 4 nitrogen and oxygen atoms in total. The van der Waals surface area contributed by atoms with Gasteiger partial charge in [0.05, 0.1) is 24.3 Å². The maximum atomic E-state index is 11.8. The van der Waals surface area contributed by atoms with Gasteiger partial charge in [0.15, 0.2) is 0 Å². The standard InChI is InChI=1S/C13H14O4/c14-12-10-6-2-3-7-11(10)13(15)17-9-5-1-4-8-16-12/h2-3,6-7H,1,4-5,8-9H2. The monoisotopic (exact) mass is 234 g/mol. The maximum Gasteiger partial charge on any atom is 0.339 e. The molecule has 0 spiro atoms. The van der Waals surface area contributed by atoms with Crippen LogP contribution in [-0.2, 0) is 9.47 Å². The van der Waals surface area contributed by atoms with Gasteiger partial charge in [0.25, 0.3) is 0 Å². The number of rotatable bonds is 0. The molecule has 0 aliphatic carbocycles. The van der Waals surface area contributed by atoms with E-state index in [-0.39, 0.29) is 11.1 Å². The second-order valence-corrected chi connectivity index (χ2v) is 3.88. The number of benzene rings is 1. The van der Waals surface area contributed by atoms with Crippen LogP contribution in [0.4, 0.5) is 0 Å². The lowest BCUT2D eigenvalue weighted by molar-refractivity contribution is 0.0479. The summed E-state index contributed by atoms with van der Waals surface area (Å²) in [4.78, 5) is 23.5. The summed E-state index contributed by atoms with van der Waals surface area (Å²) in [5, 5.41) is 0. The Balaban J connectivity index is 2.30. The number of esters is 2. The molecule has 0 radical (unpaired) electrons. The zero-order valence-electron chi connectivity index (χ0n) is 9.48. The van der Waals surface area contributed by atoms with Crippen LogP contribution in [0.5, 0.6) is 0 Å². The van der Waals surface area contributed by atoms with Crippen LogP contribution in [-0.4, -0.2) is 25.2 Å². The van der Waals surface area contributed by atoms with Crippen molar-refractivity contribution in [3.05, 3.63) is 35.4 Å². The molecule has 2 rings (SSSR count). The van der Waals surface area contributed by atoms with Gasteiger partial charge in [-0.15, -0.1) is 0 Å². The van der Waals surface area contributed by atoms with Crippen LogP contribution in [0.1, 0.15) is 40.0 Å². The van der Waals surface area contributed by atoms with Gasteiger partial charge >= 0.3 is 11.9 Å². The van der Waals surface area contributed by atoms with E-state index < -0.39 is 11.9 Å². The van der Waals surface area contributed by atoms with Gasteiger partial charge in [0.1, 0.15) is 0 Å². The Morgan fingerprint density at radius 2 is 1.24 bits per heavy atom. The van der Waals surface area contributed by atoms with Crippen molar-refractivity contribution in [2.45, 2.75) is 19.3 Å². The van der Waals surface area contributed by atoms with Crippen molar-refractivity contribution in [1.82, 2.24) is 0 Å². The summed E-state index contributed by atoms with van der Waals surface area (Å²) in [6.07, 6.45) is 2.48. The minimum Gasteiger partial charge on any atom is -0.462 e. The van der Waals surface area contributed by atoms with Gasteiger partial charge in [-0.2, -0.15) is 0 Å². The average molecular weight is 234 g/mol. The Morgan fingerprint density at radius 3 is 1.71 bits per heavy atom. The topological polar surface area (TPSA) is 52.6 Å². The fraction of sp³-hybridized carbons (Fsp3) is 0.385. The fourth-order valence-electron chi connectivity index (χ4n) is 1.71. The summed E-state index contributed by atoms with van der Waals surface area (Å²) in [5.41, 5.74) is 0.554. The van der Waals surface area contributed by atoms with Crippen LogP contribution < -0.4 is 0 Å². The summed E-state index contributed by atoms with van der Waals surface area (Å²) < 4.78 is 10.2. The third-order valence-electron chi connectivity index (χ3n) is 2.62. The van der Waals surface area contributed by atoms with E-state index in [1.165, 1.54) is 0 Å². The van der Waals surface area contributed by atoms with E-state index >= 15 is 0 Å². The second kappa shape index (κ2) is 5.48. The van der Waals surface area contributed by atoms with E-state index in [0.29, 0.717) is 13.2 Å². The van der Waals surface area contributed by atoms with E-state index in [4.69, 9.17) is 9.47 Å². The molecule has 1 aromatic carbocycles. The molecule has 1 aromatic rings. The molecule has 1 aliphatic rings. The molecule has 0 bridgehead atoms. The number of fused-ring (bicyclic) bond motifs is 1. The summed E-state index contributed by atoms with van der Waals surface area (Å²) in [6.45, 7) is 0.780. The summed E-state index contributed by atoms with van der Waals surface area (Å²) in [7, 11) is 0. The minimum absolute atomic E-state index is 0.277. The smallest absolute Gasteiger partial charge is 0.339 e. The zero-order chi connectivity index (χ0) is 12.1. The van der Waals surface area contributed by atoms with Gasteiger partial charge in [-0.3, -0.25) is 0 Å². The quantitative estimate of drug-likeness (QED) is 0.646. The number of carbonyl (C=O) groups excluding carboxylic acids is 2. The maximum absolute atomic E-state index is 11.8. The number of ether oxygens (including phenoxy) is 2. The number of carbonyl (C=O) groups is 2. The highest BCUT2D eigenvalue weighted by atomic mass is 16.5. The highest BCUT2D eigenvalue weighted by Gasteiger charge is 2.19. The van der Waals surface area contributed by atoms with Crippen molar-refractivity contribution in [3.63, 3.8) is 0 Å². The summed E-state index contributed by atoms with van der Waals surface area (Å²) in [6, 6.07) is 6.56. The summed E-state index contributed by atoms with van der Waals surface area (Å²) >= 11 is 0. The van der Waals surface area contributed by atoms with Gasteiger partial charge in [0.2, 0.25) is 0 Å². The van der Waals surface area contributed by atoms with E-state index in [9.17, 15) is 9.59 Å². The molecule has 0 amide bonds. The molecule has 90 valence electrons. The third-order valence-corrected chi connectivity index (χ3v) is 2.62. The average Bonchev–Trinajstić information content (AvgIpc) is 2.39. The highest BCUT2D eigenvalue weighted by molar-refractivity contribution is 6.03. The normalized spacial score (nSPS) is 17.4. The van der Waals surface area contributed by atoms with Crippen LogP contribution in [0.3, 0.4) is 0 Å². The van der Waals surface area contributed by atoms with Crippen molar-refractivity contribution in [1.29, 1.82) is 0 Å². The number of hydrogen-bond donors (Lipinski definition) is 0. The third kappa shape index (κ3) is 2.84. The van der Waals surface area contributed by atoms with Gasteiger partial charge in [0, 0.05) is 0 Å². The van der Waals surface area contributed by atoms with Crippen molar-refractivity contribution in [3.8, 4) is 0 Å². The zero-order valence-corrected chi connectivity index (χ0v) is 9.48. The van der Waals surface area contributed by atoms with Gasteiger partial charge in [-0.1, -0.05) is 12.1 Å². The molecule has 0 fully saturated rings. The largest absolute Gasteiger partial charge is 0.462 e. The van der Waals surface area contributed by atoms with Crippen molar-refractivity contribution in [2.75, 3.05) is 13.2 Å². The molecule has 0 saturated heterocycles. The van der Waals surface area contributed by atoms with Crippen molar-refractivity contribution in [2.24, 2.45) is 0 Å². The molecule has 0 N–H and O–H groups in total. The predicted molar refractivity (Wildman–Crippen MR) is 60.9 cm³/mol. The lowest BCUT2D eigenvalue weighted by atomic mass is 10.1. The van der Waals surface area contributed by atoms with Gasteiger partial charge < -0.3 is 9.47 Å². The van der Waals surface area contributed by atoms with Crippen LogP contribution in [0.2, 0.25) is 0 Å². The first kappa shape index (κ1) is 11.6. The van der Waals surface area contributed by atoms with Crippen LogP contribution >= 0.6 is 0 Å². The molecule has 4 heteroatoms. The Kier molecular flexibility index (Phi) is 3.75. The van der Waals surface area contributed by atoms with Crippen LogP contribution in [0.25, 0.3) is 0 Å².